The van der Waals surface area contributed by atoms with E-state index in [0.717, 1.165) is 38.7 Å². The van der Waals surface area contributed by atoms with Gasteiger partial charge >= 0.3 is 0 Å². The molecule has 0 aliphatic heterocycles. The zero-order valence-corrected chi connectivity index (χ0v) is 10.1. The number of nitrogens with zero attached hydrogens (tertiary/aromatic N) is 1. The molecule has 1 aliphatic carbocycles. The zero-order chi connectivity index (χ0) is 11.1. The molecule has 15 heavy (non-hydrogen) atoms. The predicted octanol–water partition coefficient (Wildman–Crippen LogP) is 1.26. The molecule has 0 saturated heterocycles. The first-order valence-electron chi connectivity index (χ1n) is 5.80. The van der Waals surface area contributed by atoms with Gasteiger partial charge in [0.2, 0.25) is 0 Å². The van der Waals surface area contributed by atoms with E-state index in [1.54, 1.807) is 7.11 Å². The molecule has 88 valence electrons. The Bertz CT molecular complexity index is 190. The standard InChI is InChI=1S/C12H24N2O/c1-11(9-13-12-5-6-12)10-14(2)7-4-8-15-3/h12-13H,1,4-10H2,2-3H3. The molecular formula is C12H24N2O. The van der Waals surface area contributed by atoms with Gasteiger partial charge in [0.1, 0.15) is 0 Å². The molecular weight excluding hydrogens is 188 g/mol. The van der Waals surface area contributed by atoms with E-state index < -0.39 is 0 Å². The van der Waals surface area contributed by atoms with Gasteiger partial charge in [0.15, 0.2) is 0 Å². The smallest absolute Gasteiger partial charge is 0.0474 e. The Balaban J connectivity index is 1.96. The Kier molecular flexibility index (Phi) is 5.91. The fourth-order valence-electron chi connectivity index (χ4n) is 1.57. The summed E-state index contributed by atoms with van der Waals surface area (Å²) in [5.41, 5.74) is 1.28. The van der Waals surface area contributed by atoms with Crippen LogP contribution in [-0.4, -0.2) is 51.3 Å². The normalized spacial score (nSPS) is 15.9. The highest BCUT2D eigenvalue weighted by Gasteiger charge is 2.20. The lowest BCUT2D eigenvalue weighted by Crippen LogP contribution is -2.28. The Morgan fingerprint density at radius 2 is 2.27 bits per heavy atom. The number of rotatable bonds is 9. The van der Waals surface area contributed by atoms with Crippen LogP contribution in [0.2, 0.25) is 0 Å². The number of hydrogen-bond donors (Lipinski definition) is 1. The summed E-state index contributed by atoms with van der Waals surface area (Å²) in [7, 11) is 3.89. The maximum atomic E-state index is 5.02. The molecule has 0 amide bonds. The Labute approximate surface area is 93.5 Å². The van der Waals surface area contributed by atoms with E-state index in [2.05, 4.69) is 23.8 Å². The molecule has 3 heteroatoms. The minimum atomic E-state index is 0.778. The Morgan fingerprint density at radius 1 is 1.53 bits per heavy atom. The van der Waals surface area contributed by atoms with Gasteiger partial charge in [0.25, 0.3) is 0 Å². The van der Waals surface area contributed by atoms with Gasteiger partial charge in [-0.1, -0.05) is 6.58 Å². The summed E-state index contributed by atoms with van der Waals surface area (Å²) in [5, 5.41) is 3.48. The molecule has 1 N–H and O–H groups in total. The van der Waals surface area contributed by atoms with Crippen molar-refractivity contribution in [3.8, 4) is 0 Å². The Hall–Kier alpha value is -0.380. The van der Waals surface area contributed by atoms with Gasteiger partial charge < -0.3 is 15.0 Å². The number of ether oxygens (including phenoxy) is 1. The number of methoxy groups -OCH3 is 1. The summed E-state index contributed by atoms with van der Waals surface area (Å²) in [5.74, 6) is 0. The molecule has 0 aromatic heterocycles. The summed E-state index contributed by atoms with van der Waals surface area (Å²) in [6, 6.07) is 0.778. The van der Waals surface area contributed by atoms with Crippen molar-refractivity contribution in [1.82, 2.24) is 10.2 Å². The molecule has 0 aromatic rings. The van der Waals surface area contributed by atoms with Crippen LogP contribution in [0.3, 0.4) is 0 Å². The number of hydrogen-bond acceptors (Lipinski definition) is 3. The van der Waals surface area contributed by atoms with E-state index in [9.17, 15) is 0 Å². The van der Waals surface area contributed by atoms with Gasteiger partial charge in [0, 0.05) is 39.4 Å². The molecule has 0 unspecified atom stereocenters. The second-order valence-electron chi connectivity index (χ2n) is 4.49. The van der Waals surface area contributed by atoms with E-state index >= 15 is 0 Å². The molecule has 1 saturated carbocycles. The first-order chi connectivity index (χ1) is 7.22. The minimum Gasteiger partial charge on any atom is -0.385 e. The van der Waals surface area contributed by atoms with E-state index in [0.29, 0.717) is 0 Å². The highest BCUT2D eigenvalue weighted by Crippen LogP contribution is 2.18. The van der Waals surface area contributed by atoms with Gasteiger partial charge in [-0.3, -0.25) is 0 Å². The van der Waals surface area contributed by atoms with Crippen molar-refractivity contribution in [3.63, 3.8) is 0 Å². The van der Waals surface area contributed by atoms with Crippen LogP contribution in [-0.2, 0) is 4.74 Å². The molecule has 0 aromatic carbocycles. The first-order valence-corrected chi connectivity index (χ1v) is 5.80. The fourth-order valence-corrected chi connectivity index (χ4v) is 1.57. The van der Waals surface area contributed by atoms with Crippen molar-refractivity contribution < 1.29 is 4.74 Å². The second-order valence-corrected chi connectivity index (χ2v) is 4.49. The molecule has 3 nitrogen and oxygen atoms in total. The van der Waals surface area contributed by atoms with Crippen LogP contribution in [0.5, 0.6) is 0 Å². The van der Waals surface area contributed by atoms with Gasteiger partial charge in [0.05, 0.1) is 0 Å². The maximum absolute atomic E-state index is 5.02. The lowest BCUT2D eigenvalue weighted by molar-refractivity contribution is 0.181. The van der Waals surface area contributed by atoms with Gasteiger partial charge in [-0.25, -0.2) is 0 Å². The number of nitrogens with one attached hydrogen (secondary N) is 1. The van der Waals surface area contributed by atoms with Crippen LogP contribution < -0.4 is 5.32 Å². The molecule has 1 aliphatic rings. The molecule has 1 fully saturated rings. The average Bonchev–Trinajstić information content (AvgIpc) is 2.98. The van der Waals surface area contributed by atoms with Crippen molar-refractivity contribution in [2.75, 3.05) is 40.4 Å². The topological polar surface area (TPSA) is 24.5 Å². The van der Waals surface area contributed by atoms with Crippen molar-refractivity contribution in [2.45, 2.75) is 25.3 Å². The van der Waals surface area contributed by atoms with Crippen LogP contribution in [0, 0.1) is 0 Å². The van der Waals surface area contributed by atoms with Crippen molar-refractivity contribution >= 4 is 0 Å². The highest BCUT2D eigenvalue weighted by molar-refractivity contribution is 5.01. The van der Waals surface area contributed by atoms with E-state index in [1.165, 1.54) is 18.4 Å². The first kappa shape index (κ1) is 12.7. The highest BCUT2D eigenvalue weighted by atomic mass is 16.5. The van der Waals surface area contributed by atoms with Crippen molar-refractivity contribution in [3.05, 3.63) is 12.2 Å². The summed E-state index contributed by atoms with van der Waals surface area (Å²) in [6.45, 7) is 7.97. The molecule has 0 atom stereocenters. The SMILES string of the molecule is C=C(CNC1CC1)CN(C)CCCOC. The quantitative estimate of drug-likeness (QED) is 0.460. The molecule has 0 spiro atoms. The van der Waals surface area contributed by atoms with Crippen LogP contribution in [0.15, 0.2) is 12.2 Å². The van der Waals surface area contributed by atoms with Gasteiger partial charge in [-0.15, -0.1) is 0 Å². The minimum absolute atomic E-state index is 0.778. The summed E-state index contributed by atoms with van der Waals surface area (Å²) < 4.78 is 5.02. The van der Waals surface area contributed by atoms with Crippen LogP contribution >= 0.6 is 0 Å². The third kappa shape index (κ3) is 6.66. The zero-order valence-electron chi connectivity index (χ0n) is 10.1. The number of likely N-dealkylation sites (N-methyl/N-ethyl adjacent to an activating group) is 1. The lowest BCUT2D eigenvalue weighted by Gasteiger charge is -2.18. The maximum Gasteiger partial charge on any atom is 0.0474 e. The van der Waals surface area contributed by atoms with Gasteiger partial charge in [-0.05, 0) is 31.9 Å². The third-order valence-electron chi connectivity index (χ3n) is 2.60. The molecule has 1 rings (SSSR count). The molecule has 0 bridgehead atoms. The molecule has 0 heterocycles. The second kappa shape index (κ2) is 6.99. The predicted molar refractivity (Wildman–Crippen MR) is 64.2 cm³/mol. The monoisotopic (exact) mass is 212 g/mol. The van der Waals surface area contributed by atoms with Crippen LogP contribution in [0.4, 0.5) is 0 Å². The summed E-state index contributed by atoms with van der Waals surface area (Å²) in [4.78, 5) is 2.30. The third-order valence-corrected chi connectivity index (χ3v) is 2.60. The Morgan fingerprint density at radius 3 is 2.87 bits per heavy atom. The fraction of sp³-hybridized carbons (Fsp3) is 0.833. The van der Waals surface area contributed by atoms with Crippen molar-refractivity contribution in [2.24, 2.45) is 0 Å². The van der Waals surface area contributed by atoms with E-state index in [-0.39, 0.29) is 0 Å². The van der Waals surface area contributed by atoms with E-state index in [1.807, 2.05) is 0 Å². The van der Waals surface area contributed by atoms with Gasteiger partial charge in [-0.2, -0.15) is 0 Å². The largest absolute Gasteiger partial charge is 0.385 e. The summed E-state index contributed by atoms with van der Waals surface area (Å²) in [6.07, 6.45) is 3.78. The average molecular weight is 212 g/mol. The van der Waals surface area contributed by atoms with Crippen LogP contribution in [0.25, 0.3) is 0 Å². The summed E-state index contributed by atoms with van der Waals surface area (Å²) >= 11 is 0. The van der Waals surface area contributed by atoms with Crippen LogP contribution in [0.1, 0.15) is 19.3 Å². The van der Waals surface area contributed by atoms with Crippen molar-refractivity contribution in [1.29, 1.82) is 0 Å². The molecule has 0 radical (unpaired) electrons. The van der Waals surface area contributed by atoms with E-state index in [4.69, 9.17) is 4.74 Å². The lowest BCUT2D eigenvalue weighted by atomic mass is 10.2.